The monoisotopic (exact) mass is 485 g/mol. The molecule has 148 valence electrons. The number of hydrogen-bond acceptors (Lipinski definition) is 4. The summed E-state index contributed by atoms with van der Waals surface area (Å²) in [6, 6.07) is 17.0. The summed E-state index contributed by atoms with van der Waals surface area (Å²) in [4.78, 5) is 4.43. The van der Waals surface area contributed by atoms with E-state index >= 15 is 0 Å². The Hall–Kier alpha value is -2.00. The van der Waals surface area contributed by atoms with E-state index in [1.165, 1.54) is 0 Å². The average Bonchev–Trinajstić information content (AvgIpc) is 2.70. The average molecular weight is 485 g/mol. The Bertz CT molecular complexity index is 666. The normalized spacial score (nSPS) is 11.9. The lowest BCUT2D eigenvalue weighted by Crippen LogP contribution is -2.39. The Labute approximate surface area is 178 Å². The van der Waals surface area contributed by atoms with E-state index in [2.05, 4.69) is 15.6 Å². The highest BCUT2D eigenvalue weighted by Crippen LogP contribution is 2.17. The van der Waals surface area contributed by atoms with Crippen molar-refractivity contribution in [1.29, 1.82) is 0 Å². The SMILES string of the molecule is CCNC(=NCC(O)c1ccc(OC)cc1)NCCOc1ccccc1.I. The Balaban J connectivity index is 0.00000364. The van der Waals surface area contributed by atoms with Crippen molar-refractivity contribution >= 4 is 29.9 Å². The van der Waals surface area contributed by atoms with Crippen molar-refractivity contribution < 1.29 is 14.6 Å². The number of para-hydroxylation sites is 1. The molecule has 0 heterocycles. The largest absolute Gasteiger partial charge is 0.497 e. The standard InChI is InChI=1S/C20H27N3O3.HI/c1-3-21-20(22-13-14-26-18-7-5-4-6-8-18)23-15-19(24)16-9-11-17(25-2)12-10-16;/h4-12,19,24H,3,13-15H2,1-2H3,(H2,21,22,23);1H. The number of benzene rings is 2. The number of methoxy groups -OCH3 is 1. The Morgan fingerprint density at radius 1 is 1.04 bits per heavy atom. The van der Waals surface area contributed by atoms with Gasteiger partial charge in [-0.1, -0.05) is 30.3 Å². The highest BCUT2D eigenvalue weighted by Gasteiger charge is 2.07. The summed E-state index contributed by atoms with van der Waals surface area (Å²) in [5.74, 6) is 2.25. The van der Waals surface area contributed by atoms with Gasteiger partial charge in [-0.2, -0.15) is 0 Å². The molecule has 0 saturated carbocycles. The van der Waals surface area contributed by atoms with Crippen molar-refractivity contribution in [2.45, 2.75) is 13.0 Å². The van der Waals surface area contributed by atoms with Crippen molar-refractivity contribution in [3.8, 4) is 11.5 Å². The van der Waals surface area contributed by atoms with Crippen LogP contribution in [-0.2, 0) is 0 Å². The van der Waals surface area contributed by atoms with Gasteiger partial charge in [0.1, 0.15) is 18.1 Å². The molecule has 3 N–H and O–H groups in total. The second-order valence-electron chi connectivity index (χ2n) is 5.60. The first-order chi connectivity index (χ1) is 12.7. The summed E-state index contributed by atoms with van der Waals surface area (Å²) in [6.07, 6.45) is -0.670. The van der Waals surface area contributed by atoms with Gasteiger partial charge in [0.05, 0.1) is 26.3 Å². The fourth-order valence-electron chi connectivity index (χ4n) is 2.31. The third kappa shape index (κ3) is 8.49. The summed E-state index contributed by atoms with van der Waals surface area (Å²) in [7, 11) is 1.62. The van der Waals surface area contributed by atoms with Gasteiger partial charge in [-0.15, -0.1) is 24.0 Å². The van der Waals surface area contributed by atoms with Gasteiger partial charge in [0.25, 0.3) is 0 Å². The van der Waals surface area contributed by atoms with Crippen LogP contribution in [0, 0.1) is 0 Å². The number of hydrogen-bond donors (Lipinski definition) is 3. The second-order valence-corrected chi connectivity index (χ2v) is 5.60. The number of rotatable bonds is 9. The van der Waals surface area contributed by atoms with Crippen molar-refractivity contribution in [3.63, 3.8) is 0 Å². The minimum atomic E-state index is -0.670. The van der Waals surface area contributed by atoms with E-state index in [0.29, 0.717) is 19.1 Å². The number of aliphatic hydroxyl groups excluding tert-OH is 1. The number of nitrogens with zero attached hydrogens (tertiary/aromatic N) is 1. The number of halogens is 1. The third-order valence-corrected chi connectivity index (χ3v) is 3.67. The second kappa shape index (κ2) is 13.2. The van der Waals surface area contributed by atoms with Crippen LogP contribution in [0.15, 0.2) is 59.6 Å². The summed E-state index contributed by atoms with van der Waals surface area (Å²) >= 11 is 0. The first-order valence-electron chi connectivity index (χ1n) is 8.75. The Kier molecular flexibility index (Phi) is 11.3. The molecule has 1 atom stereocenters. The molecule has 0 amide bonds. The highest BCUT2D eigenvalue weighted by molar-refractivity contribution is 14.0. The van der Waals surface area contributed by atoms with Crippen LogP contribution >= 0.6 is 24.0 Å². The van der Waals surface area contributed by atoms with Crippen LogP contribution in [0.1, 0.15) is 18.6 Å². The molecule has 0 bridgehead atoms. The molecule has 0 aromatic heterocycles. The van der Waals surface area contributed by atoms with E-state index in [1.54, 1.807) is 7.11 Å². The number of guanidine groups is 1. The predicted molar refractivity (Wildman–Crippen MR) is 119 cm³/mol. The van der Waals surface area contributed by atoms with E-state index in [9.17, 15) is 5.11 Å². The van der Waals surface area contributed by atoms with Gasteiger partial charge in [-0.3, -0.25) is 4.99 Å². The quantitative estimate of drug-likeness (QED) is 0.221. The fraction of sp³-hybridized carbons (Fsp3) is 0.350. The van der Waals surface area contributed by atoms with Crippen LogP contribution in [0.25, 0.3) is 0 Å². The maximum absolute atomic E-state index is 10.3. The summed E-state index contributed by atoms with van der Waals surface area (Å²) in [5, 5.41) is 16.7. The van der Waals surface area contributed by atoms with Crippen LogP contribution in [-0.4, -0.2) is 44.4 Å². The summed E-state index contributed by atoms with van der Waals surface area (Å²) in [5.41, 5.74) is 0.804. The molecule has 6 nitrogen and oxygen atoms in total. The molecule has 2 rings (SSSR count). The maximum atomic E-state index is 10.3. The van der Waals surface area contributed by atoms with Gasteiger partial charge >= 0.3 is 0 Å². The van der Waals surface area contributed by atoms with Crippen molar-refractivity contribution in [2.75, 3.05) is 33.4 Å². The van der Waals surface area contributed by atoms with E-state index in [1.807, 2.05) is 61.5 Å². The molecule has 0 aliphatic heterocycles. The van der Waals surface area contributed by atoms with Crippen LogP contribution in [0.3, 0.4) is 0 Å². The highest BCUT2D eigenvalue weighted by atomic mass is 127. The number of aliphatic hydroxyl groups is 1. The summed E-state index contributed by atoms with van der Waals surface area (Å²) < 4.78 is 10.8. The summed E-state index contributed by atoms with van der Waals surface area (Å²) in [6.45, 7) is 4.14. The maximum Gasteiger partial charge on any atom is 0.191 e. The van der Waals surface area contributed by atoms with E-state index in [4.69, 9.17) is 9.47 Å². The number of ether oxygens (including phenoxy) is 2. The number of aliphatic imine (C=N–C) groups is 1. The fourth-order valence-corrected chi connectivity index (χ4v) is 2.31. The molecule has 2 aromatic rings. The molecule has 27 heavy (non-hydrogen) atoms. The van der Waals surface area contributed by atoms with Gasteiger partial charge in [-0.05, 0) is 36.8 Å². The lowest BCUT2D eigenvalue weighted by Gasteiger charge is -2.14. The first-order valence-corrected chi connectivity index (χ1v) is 8.75. The number of nitrogens with one attached hydrogen (secondary N) is 2. The molecule has 7 heteroatoms. The lowest BCUT2D eigenvalue weighted by molar-refractivity contribution is 0.187. The zero-order valence-corrected chi connectivity index (χ0v) is 18.1. The molecule has 0 spiro atoms. The van der Waals surface area contributed by atoms with Crippen LogP contribution in [0.2, 0.25) is 0 Å². The molecular weight excluding hydrogens is 457 g/mol. The third-order valence-electron chi connectivity index (χ3n) is 3.67. The molecule has 0 aliphatic rings. The Morgan fingerprint density at radius 3 is 2.37 bits per heavy atom. The van der Waals surface area contributed by atoms with Crippen LogP contribution in [0.5, 0.6) is 11.5 Å². The van der Waals surface area contributed by atoms with Crippen LogP contribution in [0.4, 0.5) is 0 Å². The molecule has 2 aromatic carbocycles. The minimum absolute atomic E-state index is 0. The predicted octanol–water partition coefficient (Wildman–Crippen LogP) is 2.98. The van der Waals surface area contributed by atoms with Crippen molar-refractivity contribution in [2.24, 2.45) is 4.99 Å². The van der Waals surface area contributed by atoms with Gasteiger partial charge in [0, 0.05) is 6.54 Å². The zero-order valence-electron chi connectivity index (χ0n) is 15.7. The van der Waals surface area contributed by atoms with Gasteiger partial charge in [0.2, 0.25) is 0 Å². The van der Waals surface area contributed by atoms with E-state index in [0.717, 1.165) is 23.6 Å². The van der Waals surface area contributed by atoms with Gasteiger partial charge < -0.3 is 25.2 Å². The van der Waals surface area contributed by atoms with Gasteiger partial charge in [0.15, 0.2) is 5.96 Å². The van der Waals surface area contributed by atoms with E-state index < -0.39 is 6.10 Å². The van der Waals surface area contributed by atoms with Crippen molar-refractivity contribution in [3.05, 3.63) is 60.2 Å². The van der Waals surface area contributed by atoms with Crippen molar-refractivity contribution in [1.82, 2.24) is 10.6 Å². The molecule has 1 unspecified atom stereocenters. The topological polar surface area (TPSA) is 75.1 Å². The lowest BCUT2D eigenvalue weighted by atomic mass is 10.1. The smallest absolute Gasteiger partial charge is 0.191 e. The van der Waals surface area contributed by atoms with Gasteiger partial charge in [-0.25, -0.2) is 0 Å². The first kappa shape index (κ1) is 23.0. The molecule has 0 aliphatic carbocycles. The molecule has 0 saturated heterocycles. The zero-order chi connectivity index (χ0) is 18.6. The minimum Gasteiger partial charge on any atom is -0.497 e. The molecular formula is C20H28IN3O3. The van der Waals surface area contributed by atoms with E-state index in [-0.39, 0.29) is 30.5 Å². The molecule has 0 radical (unpaired) electrons. The Morgan fingerprint density at radius 2 is 1.74 bits per heavy atom. The van der Waals surface area contributed by atoms with Crippen LogP contribution < -0.4 is 20.1 Å². The molecule has 0 fully saturated rings.